The van der Waals surface area contributed by atoms with Crippen LogP contribution in [0.25, 0.3) is 11.3 Å². The summed E-state index contributed by atoms with van der Waals surface area (Å²) in [7, 11) is 0. The zero-order valence-electron chi connectivity index (χ0n) is 15.5. The third kappa shape index (κ3) is 3.96. The molecule has 29 heavy (non-hydrogen) atoms. The lowest BCUT2D eigenvalue weighted by atomic mass is 10.1. The van der Waals surface area contributed by atoms with E-state index in [1.54, 1.807) is 30.3 Å². The molecule has 0 radical (unpaired) electrons. The second-order valence-corrected chi connectivity index (χ2v) is 6.45. The van der Waals surface area contributed by atoms with Crippen molar-refractivity contribution in [2.45, 2.75) is 19.8 Å². The number of anilines is 1. The fraction of sp³-hybridized carbons (Fsp3) is 0.190. The van der Waals surface area contributed by atoms with Crippen LogP contribution in [0.4, 0.5) is 10.1 Å². The number of carbonyl (C=O) groups is 2. The molecule has 2 heterocycles. The van der Waals surface area contributed by atoms with Crippen LogP contribution in [0.15, 0.2) is 47.0 Å². The minimum absolute atomic E-state index is 0.0680. The summed E-state index contributed by atoms with van der Waals surface area (Å²) in [5.74, 6) is 0.607. The van der Waals surface area contributed by atoms with Crippen molar-refractivity contribution >= 4 is 17.4 Å². The average molecular weight is 396 g/mol. The van der Waals surface area contributed by atoms with Crippen molar-refractivity contribution in [3.8, 4) is 22.8 Å². The third-order valence-corrected chi connectivity index (χ3v) is 4.42. The SMILES string of the molecule is CC(=O)c1cc2c(cc1NC(=O)CCc1ncc(-c3ccccc3F)o1)OCO2. The molecule has 0 fully saturated rings. The van der Waals surface area contributed by atoms with Crippen molar-refractivity contribution in [2.75, 3.05) is 12.1 Å². The maximum Gasteiger partial charge on any atom is 0.231 e. The number of hydrogen-bond acceptors (Lipinski definition) is 6. The maximum atomic E-state index is 13.8. The van der Waals surface area contributed by atoms with E-state index in [0.717, 1.165) is 0 Å². The number of Topliss-reactive ketones (excluding diaryl/α,β-unsaturated/α-hetero) is 1. The van der Waals surface area contributed by atoms with Gasteiger partial charge in [-0.3, -0.25) is 9.59 Å². The summed E-state index contributed by atoms with van der Waals surface area (Å²) in [6.45, 7) is 1.47. The van der Waals surface area contributed by atoms with Crippen LogP contribution in [0.2, 0.25) is 0 Å². The van der Waals surface area contributed by atoms with Crippen LogP contribution in [0, 0.1) is 5.82 Å². The van der Waals surface area contributed by atoms with Gasteiger partial charge in [0, 0.05) is 24.5 Å². The van der Waals surface area contributed by atoms with Crippen molar-refractivity contribution in [3.63, 3.8) is 0 Å². The normalized spacial score (nSPS) is 12.1. The number of nitrogens with zero attached hydrogens (tertiary/aromatic N) is 1. The number of benzene rings is 2. The van der Waals surface area contributed by atoms with E-state index < -0.39 is 5.82 Å². The number of hydrogen-bond donors (Lipinski definition) is 1. The smallest absolute Gasteiger partial charge is 0.231 e. The zero-order valence-corrected chi connectivity index (χ0v) is 15.5. The van der Waals surface area contributed by atoms with Gasteiger partial charge in [-0.25, -0.2) is 9.37 Å². The first-order valence-electron chi connectivity index (χ1n) is 8.95. The first-order chi connectivity index (χ1) is 14.0. The van der Waals surface area contributed by atoms with E-state index in [0.29, 0.717) is 40.0 Å². The molecule has 1 N–H and O–H groups in total. The quantitative estimate of drug-likeness (QED) is 0.634. The van der Waals surface area contributed by atoms with E-state index in [1.165, 1.54) is 19.2 Å². The van der Waals surface area contributed by atoms with Crippen molar-refractivity contribution in [1.29, 1.82) is 0 Å². The number of oxazole rings is 1. The maximum absolute atomic E-state index is 13.8. The van der Waals surface area contributed by atoms with Gasteiger partial charge in [0.25, 0.3) is 0 Å². The molecule has 0 saturated carbocycles. The molecule has 7 nitrogen and oxygen atoms in total. The second kappa shape index (κ2) is 7.75. The molecule has 4 rings (SSSR count). The Morgan fingerprint density at radius 3 is 2.69 bits per heavy atom. The van der Waals surface area contributed by atoms with Gasteiger partial charge in [-0.2, -0.15) is 0 Å². The molecule has 0 atom stereocenters. The van der Waals surface area contributed by atoms with Gasteiger partial charge < -0.3 is 19.2 Å². The van der Waals surface area contributed by atoms with Crippen molar-refractivity contribution in [3.05, 3.63) is 59.9 Å². The van der Waals surface area contributed by atoms with Gasteiger partial charge in [0.2, 0.25) is 12.7 Å². The fourth-order valence-corrected chi connectivity index (χ4v) is 2.98. The average Bonchev–Trinajstić information content (AvgIpc) is 3.35. The number of nitrogens with one attached hydrogen (secondary N) is 1. The van der Waals surface area contributed by atoms with Gasteiger partial charge in [0.05, 0.1) is 17.4 Å². The number of amides is 1. The molecular formula is C21H17FN2O5. The highest BCUT2D eigenvalue weighted by molar-refractivity contribution is 6.04. The van der Waals surface area contributed by atoms with Crippen LogP contribution < -0.4 is 14.8 Å². The molecule has 0 aliphatic carbocycles. The highest BCUT2D eigenvalue weighted by Crippen LogP contribution is 2.37. The fourth-order valence-electron chi connectivity index (χ4n) is 2.98. The summed E-state index contributed by atoms with van der Waals surface area (Å²) in [5.41, 5.74) is 0.994. The molecule has 2 aromatic carbocycles. The number of ether oxygens (including phenoxy) is 2. The molecule has 8 heteroatoms. The summed E-state index contributed by atoms with van der Waals surface area (Å²) < 4.78 is 30.0. The Labute approximate surface area is 165 Å². The topological polar surface area (TPSA) is 90.7 Å². The molecule has 0 unspecified atom stereocenters. The number of carbonyl (C=O) groups excluding carboxylic acids is 2. The number of ketones is 1. The van der Waals surface area contributed by atoms with Crippen LogP contribution in [0.3, 0.4) is 0 Å². The largest absolute Gasteiger partial charge is 0.454 e. The number of aromatic nitrogens is 1. The van der Waals surface area contributed by atoms with Gasteiger partial charge in [-0.15, -0.1) is 0 Å². The Bertz CT molecular complexity index is 1090. The van der Waals surface area contributed by atoms with E-state index in [-0.39, 0.29) is 31.3 Å². The molecule has 0 saturated heterocycles. The second-order valence-electron chi connectivity index (χ2n) is 6.45. The van der Waals surface area contributed by atoms with Crippen molar-refractivity contribution in [2.24, 2.45) is 0 Å². The van der Waals surface area contributed by atoms with Gasteiger partial charge in [-0.05, 0) is 25.1 Å². The van der Waals surface area contributed by atoms with Gasteiger partial charge >= 0.3 is 0 Å². The molecule has 1 aliphatic heterocycles. The molecular weight excluding hydrogens is 379 g/mol. The monoisotopic (exact) mass is 396 g/mol. The molecule has 148 valence electrons. The first kappa shape index (κ1) is 18.7. The summed E-state index contributed by atoms with van der Waals surface area (Å²) in [5, 5.41) is 2.71. The minimum atomic E-state index is -0.410. The number of fused-ring (bicyclic) bond motifs is 1. The van der Waals surface area contributed by atoms with Crippen molar-refractivity contribution < 1.29 is 27.9 Å². The van der Waals surface area contributed by atoms with E-state index in [9.17, 15) is 14.0 Å². The zero-order chi connectivity index (χ0) is 20.4. The van der Waals surface area contributed by atoms with Crippen LogP contribution >= 0.6 is 0 Å². The molecule has 3 aromatic rings. The van der Waals surface area contributed by atoms with E-state index in [4.69, 9.17) is 13.9 Å². The van der Waals surface area contributed by atoms with E-state index in [2.05, 4.69) is 10.3 Å². The number of aryl methyl sites for hydroxylation is 1. The predicted molar refractivity (Wildman–Crippen MR) is 101 cm³/mol. The Balaban J connectivity index is 1.43. The number of halogens is 1. The van der Waals surface area contributed by atoms with E-state index >= 15 is 0 Å². The summed E-state index contributed by atoms with van der Waals surface area (Å²) in [6, 6.07) is 9.34. The van der Waals surface area contributed by atoms with Crippen molar-refractivity contribution in [1.82, 2.24) is 4.98 Å². The highest BCUT2D eigenvalue weighted by Gasteiger charge is 2.20. The standard InChI is InChI=1S/C21H17FN2O5/c1-12(25)14-8-17-18(28-11-27-17)9-16(14)24-20(26)6-7-21-23-10-19(29-21)13-4-2-3-5-15(13)22/h2-5,8-10H,6-7,11H2,1H3,(H,24,26). The van der Waals surface area contributed by atoms with E-state index in [1.807, 2.05) is 0 Å². The predicted octanol–water partition coefficient (Wildman–Crippen LogP) is 3.98. The summed E-state index contributed by atoms with van der Waals surface area (Å²) >= 11 is 0. The highest BCUT2D eigenvalue weighted by atomic mass is 19.1. The lowest BCUT2D eigenvalue weighted by Crippen LogP contribution is -2.14. The van der Waals surface area contributed by atoms with Crippen LogP contribution in [0.1, 0.15) is 29.6 Å². The van der Waals surface area contributed by atoms with Gasteiger partial charge in [-0.1, -0.05) is 12.1 Å². The molecule has 0 bridgehead atoms. The Hall–Kier alpha value is -3.68. The minimum Gasteiger partial charge on any atom is -0.454 e. The van der Waals surface area contributed by atoms with Crippen LogP contribution in [-0.2, 0) is 11.2 Å². The Morgan fingerprint density at radius 1 is 1.17 bits per heavy atom. The van der Waals surface area contributed by atoms with Crippen LogP contribution in [0.5, 0.6) is 11.5 Å². The summed E-state index contributed by atoms with van der Waals surface area (Å²) in [4.78, 5) is 28.4. The lowest BCUT2D eigenvalue weighted by Gasteiger charge is -2.10. The molecule has 1 amide bonds. The van der Waals surface area contributed by atoms with Gasteiger partial charge in [0.1, 0.15) is 5.82 Å². The first-order valence-corrected chi connectivity index (χ1v) is 8.95. The Kier molecular flexibility index (Phi) is 4.99. The van der Waals surface area contributed by atoms with Gasteiger partial charge in [0.15, 0.2) is 28.9 Å². The Morgan fingerprint density at radius 2 is 1.93 bits per heavy atom. The third-order valence-electron chi connectivity index (χ3n) is 4.42. The molecule has 1 aliphatic rings. The molecule has 0 spiro atoms. The lowest BCUT2D eigenvalue weighted by molar-refractivity contribution is -0.116. The van der Waals surface area contributed by atoms with Crippen LogP contribution in [-0.4, -0.2) is 23.5 Å². The number of rotatable bonds is 6. The molecule has 1 aromatic heterocycles. The summed E-state index contributed by atoms with van der Waals surface area (Å²) in [6.07, 6.45) is 1.72.